The summed E-state index contributed by atoms with van der Waals surface area (Å²) in [6.07, 6.45) is 0. The Labute approximate surface area is 156 Å². The van der Waals surface area contributed by atoms with Gasteiger partial charge in [0, 0.05) is 10.6 Å². The average molecular weight is 366 g/mol. The molecule has 1 heterocycles. The highest BCUT2D eigenvalue weighted by molar-refractivity contribution is 6.31. The van der Waals surface area contributed by atoms with Crippen LogP contribution >= 0.6 is 11.6 Å². The number of nitrogens with two attached hydrogens (primary N) is 2. The van der Waals surface area contributed by atoms with Crippen LogP contribution < -0.4 is 16.2 Å². The van der Waals surface area contributed by atoms with E-state index in [-0.39, 0.29) is 17.3 Å². The third-order valence-electron chi connectivity index (χ3n) is 3.91. The van der Waals surface area contributed by atoms with Crippen molar-refractivity contribution in [2.75, 3.05) is 11.5 Å². The van der Waals surface area contributed by atoms with Crippen LogP contribution in [-0.2, 0) is 6.61 Å². The van der Waals surface area contributed by atoms with Gasteiger partial charge in [0.25, 0.3) is 0 Å². The normalized spacial score (nSPS) is 10.3. The lowest BCUT2D eigenvalue weighted by atomic mass is 10.1. The summed E-state index contributed by atoms with van der Waals surface area (Å²) >= 11 is 6.14. The van der Waals surface area contributed by atoms with Gasteiger partial charge in [-0.1, -0.05) is 35.9 Å². The van der Waals surface area contributed by atoms with E-state index in [9.17, 15) is 5.26 Å². The van der Waals surface area contributed by atoms with Crippen molar-refractivity contribution in [2.24, 2.45) is 0 Å². The number of benzene rings is 2. The van der Waals surface area contributed by atoms with Crippen LogP contribution in [0.5, 0.6) is 5.75 Å². The van der Waals surface area contributed by atoms with Crippen LogP contribution in [0.25, 0.3) is 11.3 Å². The maximum absolute atomic E-state index is 9.43. The Morgan fingerprint density at radius 1 is 1.15 bits per heavy atom. The van der Waals surface area contributed by atoms with Crippen LogP contribution in [0.3, 0.4) is 0 Å². The second-order valence-electron chi connectivity index (χ2n) is 5.66. The zero-order chi connectivity index (χ0) is 18.7. The van der Waals surface area contributed by atoms with E-state index in [1.165, 1.54) is 0 Å². The minimum absolute atomic E-state index is 0.0137. The van der Waals surface area contributed by atoms with Crippen LogP contribution in [-0.4, -0.2) is 9.97 Å². The van der Waals surface area contributed by atoms with Gasteiger partial charge < -0.3 is 16.2 Å². The van der Waals surface area contributed by atoms with Crippen LogP contribution in [0.15, 0.2) is 42.5 Å². The lowest BCUT2D eigenvalue weighted by Crippen LogP contribution is -2.06. The van der Waals surface area contributed by atoms with Crippen molar-refractivity contribution in [1.82, 2.24) is 9.97 Å². The molecule has 0 aliphatic rings. The van der Waals surface area contributed by atoms with Gasteiger partial charge in [0.1, 0.15) is 29.8 Å². The van der Waals surface area contributed by atoms with Crippen molar-refractivity contribution >= 4 is 23.4 Å². The van der Waals surface area contributed by atoms with Crippen LogP contribution in [0.1, 0.15) is 16.7 Å². The van der Waals surface area contributed by atoms with Gasteiger partial charge in [-0.05, 0) is 36.2 Å². The topological polar surface area (TPSA) is 111 Å². The van der Waals surface area contributed by atoms with Crippen molar-refractivity contribution in [3.8, 4) is 23.1 Å². The number of anilines is 2. The summed E-state index contributed by atoms with van der Waals surface area (Å²) in [7, 11) is 0. The number of hydrogen-bond acceptors (Lipinski definition) is 6. The molecule has 3 rings (SSSR count). The molecule has 0 saturated carbocycles. The number of nitriles is 1. The Balaban J connectivity index is 2.05. The second kappa shape index (κ2) is 7.30. The summed E-state index contributed by atoms with van der Waals surface area (Å²) in [5.41, 5.74) is 14.6. The minimum atomic E-state index is -0.0265. The van der Waals surface area contributed by atoms with Gasteiger partial charge in [-0.25, -0.2) is 4.98 Å². The number of nitrogen functional groups attached to an aromatic ring is 2. The molecule has 3 aromatic rings. The predicted molar refractivity (Wildman–Crippen MR) is 102 cm³/mol. The Bertz CT molecular complexity index is 1010. The van der Waals surface area contributed by atoms with Gasteiger partial charge in [-0.15, -0.1) is 0 Å². The number of hydrogen-bond donors (Lipinski definition) is 2. The molecule has 2 aromatic carbocycles. The monoisotopic (exact) mass is 365 g/mol. The average Bonchev–Trinajstić information content (AvgIpc) is 2.61. The summed E-state index contributed by atoms with van der Waals surface area (Å²) in [5.74, 6) is 0.507. The molecule has 0 amide bonds. The molecule has 4 N–H and O–H groups in total. The summed E-state index contributed by atoms with van der Waals surface area (Å²) in [5, 5.41) is 9.91. The summed E-state index contributed by atoms with van der Waals surface area (Å²) in [6, 6.07) is 15.0. The van der Waals surface area contributed by atoms with Gasteiger partial charge in [0.2, 0.25) is 5.95 Å². The van der Waals surface area contributed by atoms with Crippen molar-refractivity contribution in [1.29, 1.82) is 5.26 Å². The Morgan fingerprint density at radius 3 is 2.65 bits per heavy atom. The molecule has 0 fully saturated rings. The lowest BCUT2D eigenvalue weighted by Gasteiger charge is -2.14. The van der Waals surface area contributed by atoms with E-state index in [4.69, 9.17) is 27.8 Å². The summed E-state index contributed by atoms with van der Waals surface area (Å²) < 4.78 is 5.98. The second-order valence-corrected chi connectivity index (χ2v) is 6.09. The number of nitrogens with zero attached hydrogens (tertiary/aromatic N) is 3. The molecule has 6 nitrogen and oxygen atoms in total. The molecular weight excluding hydrogens is 350 g/mol. The highest BCUT2D eigenvalue weighted by atomic mass is 35.5. The van der Waals surface area contributed by atoms with Crippen LogP contribution in [0, 0.1) is 18.3 Å². The molecule has 26 heavy (non-hydrogen) atoms. The van der Waals surface area contributed by atoms with Crippen LogP contribution in [0.2, 0.25) is 5.02 Å². The van der Waals surface area contributed by atoms with Crippen molar-refractivity contribution in [3.63, 3.8) is 0 Å². The number of halogens is 1. The zero-order valence-electron chi connectivity index (χ0n) is 14.0. The molecule has 0 atom stereocenters. The molecule has 0 aliphatic heterocycles. The molecule has 0 aliphatic carbocycles. The molecule has 1 aromatic heterocycles. The highest BCUT2D eigenvalue weighted by Crippen LogP contribution is 2.35. The molecule has 0 radical (unpaired) electrons. The van der Waals surface area contributed by atoms with Crippen molar-refractivity contribution in [3.05, 3.63) is 64.2 Å². The van der Waals surface area contributed by atoms with E-state index in [1.807, 2.05) is 37.3 Å². The van der Waals surface area contributed by atoms with Crippen molar-refractivity contribution < 1.29 is 4.74 Å². The Kier molecular flexibility index (Phi) is 4.92. The first kappa shape index (κ1) is 17.5. The maximum atomic E-state index is 9.43. The summed E-state index contributed by atoms with van der Waals surface area (Å²) in [6.45, 7) is 2.38. The first-order chi connectivity index (χ1) is 12.5. The molecular formula is C19H16ClN5O. The fourth-order valence-electron chi connectivity index (χ4n) is 2.54. The molecule has 0 spiro atoms. The standard InChI is InChI=1S/C19H16ClN5O/c1-11-4-2-3-5-12(11)10-26-16-7-6-13(20)8-14(16)17-15(9-21)18(22)25-19(23)24-17/h2-8H,10H2,1H3,(H4,22,23,24,25). The third-order valence-corrected chi connectivity index (χ3v) is 4.14. The quantitative estimate of drug-likeness (QED) is 0.728. The Morgan fingerprint density at radius 2 is 1.92 bits per heavy atom. The molecule has 0 unspecified atom stereocenters. The molecule has 0 bridgehead atoms. The van der Waals surface area contributed by atoms with E-state index in [0.29, 0.717) is 28.6 Å². The fourth-order valence-corrected chi connectivity index (χ4v) is 2.71. The zero-order valence-corrected chi connectivity index (χ0v) is 14.8. The van der Waals surface area contributed by atoms with Gasteiger partial charge in [0.15, 0.2) is 0 Å². The van der Waals surface area contributed by atoms with E-state index in [0.717, 1.165) is 11.1 Å². The van der Waals surface area contributed by atoms with E-state index < -0.39 is 0 Å². The minimum Gasteiger partial charge on any atom is -0.488 e. The third kappa shape index (κ3) is 3.53. The molecule has 130 valence electrons. The first-order valence-electron chi connectivity index (χ1n) is 7.80. The lowest BCUT2D eigenvalue weighted by molar-refractivity contribution is 0.306. The number of rotatable bonds is 4. The van der Waals surface area contributed by atoms with Crippen molar-refractivity contribution in [2.45, 2.75) is 13.5 Å². The Hall–Kier alpha value is -3.30. The maximum Gasteiger partial charge on any atom is 0.222 e. The summed E-state index contributed by atoms with van der Waals surface area (Å²) in [4.78, 5) is 8.01. The number of ether oxygens (including phenoxy) is 1. The smallest absolute Gasteiger partial charge is 0.222 e. The fraction of sp³-hybridized carbons (Fsp3) is 0.105. The predicted octanol–water partition coefficient (Wildman–Crippen LogP) is 3.72. The number of aryl methyl sites for hydroxylation is 1. The van der Waals surface area contributed by atoms with E-state index in [2.05, 4.69) is 9.97 Å². The van der Waals surface area contributed by atoms with Gasteiger partial charge in [0.05, 0.1) is 5.69 Å². The molecule has 0 saturated heterocycles. The van der Waals surface area contributed by atoms with E-state index >= 15 is 0 Å². The van der Waals surface area contributed by atoms with Gasteiger partial charge >= 0.3 is 0 Å². The largest absolute Gasteiger partial charge is 0.488 e. The SMILES string of the molecule is Cc1ccccc1COc1ccc(Cl)cc1-c1nc(N)nc(N)c1C#N. The first-order valence-corrected chi connectivity index (χ1v) is 8.17. The number of aromatic nitrogens is 2. The van der Waals surface area contributed by atoms with E-state index in [1.54, 1.807) is 18.2 Å². The molecule has 7 heteroatoms. The van der Waals surface area contributed by atoms with Gasteiger partial charge in [-0.2, -0.15) is 10.2 Å². The van der Waals surface area contributed by atoms with Crippen LogP contribution in [0.4, 0.5) is 11.8 Å². The van der Waals surface area contributed by atoms with Gasteiger partial charge in [-0.3, -0.25) is 0 Å². The highest BCUT2D eigenvalue weighted by Gasteiger charge is 2.18.